The van der Waals surface area contributed by atoms with E-state index < -0.39 is 35.1 Å². The maximum atomic E-state index is 15.3. The molecule has 4 aliphatic rings. The van der Waals surface area contributed by atoms with Gasteiger partial charge < -0.3 is 38.7 Å². The summed E-state index contributed by atoms with van der Waals surface area (Å²) < 4.78 is 33.0. The number of oxime groups is 1. The quantitative estimate of drug-likeness (QED) is 0.0353. The number of unbranched alkanes of at least 4 members (excludes halogenated alkanes) is 2. The number of amides is 1. The van der Waals surface area contributed by atoms with Crippen LogP contribution in [0.25, 0.3) is 10.8 Å². The van der Waals surface area contributed by atoms with Crippen molar-refractivity contribution >= 4 is 28.3 Å². The highest BCUT2D eigenvalue weighted by Gasteiger charge is 2.66. The molecule has 2 fully saturated rings. The molecule has 4 aromatic carbocycles. The van der Waals surface area contributed by atoms with E-state index in [9.17, 15) is 20.3 Å². The predicted molar refractivity (Wildman–Crippen MR) is 254 cm³/mol. The molecule has 0 aromatic heterocycles. The summed E-state index contributed by atoms with van der Waals surface area (Å²) in [6, 6.07) is 24.2. The number of nitro benzene ring substituents is 1. The second-order valence-electron chi connectivity index (χ2n) is 17.7. The number of benzene rings is 4. The van der Waals surface area contributed by atoms with Gasteiger partial charge in [0.25, 0.3) is 5.69 Å². The van der Waals surface area contributed by atoms with Crippen molar-refractivity contribution in [2.45, 2.75) is 94.8 Å². The number of ether oxygens (including phenoxy) is 5. The largest absolute Gasteiger partial charge is 0.490 e. The van der Waals surface area contributed by atoms with Gasteiger partial charge in [-0.05, 0) is 103 Å². The lowest BCUT2D eigenvalue weighted by Crippen LogP contribution is -2.70. The van der Waals surface area contributed by atoms with E-state index in [0.717, 1.165) is 66.0 Å². The summed E-state index contributed by atoms with van der Waals surface area (Å²) in [6.45, 7) is 9.04. The van der Waals surface area contributed by atoms with Crippen LogP contribution >= 0.6 is 0 Å². The van der Waals surface area contributed by atoms with Crippen LogP contribution in [0.2, 0.25) is 0 Å². The van der Waals surface area contributed by atoms with E-state index in [1.165, 1.54) is 24.3 Å². The topological polar surface area (TPSA) is 172 Å². The molecule has 67 heavy (non-hydrogen) atoms. The molecule has 2 heterocycles. The molecule has 1 unspecified atom stereocenters. The summed E-state index contributed by atoms with van der Waals surface area (Å²) in [5, 5.41) is 38.5. The number of nitro groups is 1. The Bertz CT molecular complexity index is 2430. The minimum Gasteiger partial charge on any atom is -0.490 e. The average Bonchev–Trinajstić information content (AvgIpc) is 3.35. The van der Waals surface area contributed by atoms with Gasteiger partial charge in [-0.1, -0.05) is 85.3 Å². The van der Waals surface area contributed by atoms with Crippen molar-refractivity contribution in [1.82, 2.24) is 4.90 Å². The number of rotatable bonds is 21. The number of non-ortho nitro benzene ring substituents is 1. The third-order valence-corrected chi connectivity index (χ3v) is 13.5. The molecule has 1 saturated heterocycles. The van der Waals surface area contributed by atoms with E-state index in [1.807, 2.05) is 60.7 Å². The Labute approximate surface area is 391 Å². The number of fused-ring (bicyclic) bond motifs is 3. The molecule has 1 amide bonds. The lowest BCUT2D eigenvalue weighted by atomic mass is 9.55. The summed E-state index contributed by atoms with van der Waals surface area (Å²) in [5.41, 5.74) is 3.12. The molecule has 7 atom stereocenters. The second kappa shape index (κ2) is 22.2. The molecular formula is C53H61N3O11. The average molecular weight is 916 g/mol. The highest BCUT2D eigenvalue weighted by atomic mass is 16.8. The van der Waals surface area contributed by atoms with Gasteiger partial charge in [-0.2, -0.15) is 0 Å². The van der Waals surface area contributed by atoms with Crippen molar-refractivity contribution < 1.29 is 48.5 Å². The monoisotopic (exact) mass is 915 g/mol. The van der Waals surface area contributed by atoms with Crippen LogP contribution in [-0.2, 0) is 20.9 Å². The van der Waals surface area contributed by atoms with Gasteiger partial charge in [0.05, 0.1) is 36.3 Å². The number of carbonyl (C=O) groups excluding carboxylic acids is 1. The highest BCUT2D eigenvalue weighted by molar-refractivity contribution is 6.03. The Morgan fingerprint density at radius 1 is 0.925 bits per heavy atom. The maximum absolute atomic E-state index is 15.3. The predicted octanol–water partition coefficient (Wildman–Crippen LogP) is 10.2. The molecular weight excluding hydrogens is 855 g/mol. The fourth-order valence-corrected chi connectivity index (χ4v) is 10.5. The van der Waals surface area contributed by atoms with E-state index in [0.29, 0.717) is 49.7 Å². The highest BCUT2D eigenvalue weighted by Crippen LogP contribution is 2.62. The van der Waals surface area contributed by atoms with E-state index >= 15 is 4.79 Å². The Morgan fingerprint density at radius 3 is 2.43 bits per heavy atom. The van der Waals surface area contributed by atoms with Crippen molar-refractivity contribution in [1.29, 1.82) is 0 Å². The number of carbonyl (C=O) groups is 1. The third kappa shape index (κ3) is 10.4. The molecule has 14 heteroatoms. The second-order valence-corrected chi connectivity index (χ2v) is 17.7. The summed E-state index contributed by atoms with van der Waals surface area (Å²) >= 11 is 0. The van der Waals surface area contributed by atoms with Crippen molar-refractivity contribution in [2.24, 2.45) is 22.9 Å². The minimum atomic E-state index is -1.58. The first-order valence-electron chi connectivity index (χ1n) is 23.6. The molecule has 14 nitrogen and oxygen atoms in total. The van der Waals surface area contributed by atoms with E-state index in [-0.39, 0.29) is 62.0 Å². The molecule has 4 aromatic rings. The zero-order valence-corrected chi connectivity index (χ0v) is 37.9. The first kappa shape index (κ1) is 47.4. The molecule has 2 N–H and O–H groups in total. The number of aliphatic hydroxyl groups excluding tert-OH is 2. The maximum Gasteiger partial charge on any atom is 0.416 e. The van der Waals surface area contributed by atoms with Gasteiger partial charge in [-0.3, -0.25) is 15.0 Å². The van der Waals surface area contributed by atoms with Gasteiger partial charge in [0.1, 0.15) is 29.9 Å². The first-order chi connectivity index (χ1) is 32.8. The van der Waals surface area contributed by atoms with Gasteiger partial charge in [0, 0.05) is 49.7 Å². The molecule has 0 radical (unpaired) electrons. The fourth-order valence-electron chi connectivity index (χ4n) is 10.5. The van der Waals surface area contributed by atoms with Gasteiger partial charge >= 0.3 is 6.09 Å². The minimum absolute atomic E-state index is 0.0100. The van der Waals surface area contributed by atoms with Crippen molar-refractivity contribution in [3.63, 3.8) is 0 Å². The lowest BCUT2D eigenvalue weighted by Gasteiger charge is -2.59. The molecule has 0 spiro atoms. The number of nitrogens with zero attached hydrogens (tertiary/aromatic N) is 3. The Balaban J connectivity index is 1.36. The first-order valence-corrected chi connectivity index (χ1v) is 23.6. The third-order valence-electron chi connectivity index (χ3n) is 13.5. The number of hydrogen-bond acceptors (Lipinski definition) is 12. The summed E-state index contributed by atoms with van der Waals surface area (Å²) in [5.74, 6) is -1.10. The zero-order valence-electron chi connectivity index (χ0n) is 37.9. The van der Waals surface area contributed by atoms with Crippen LogP contribution < -0.4 is 14.2 Å². The number of aliphatic hydroxyl groups is 2. The van der Waals surface area contributed by atoms with Crippen LogP contribution in [0.5, 0.6) is 17.2 Å². The van der Waals surface area contributed by atoms with Crippen LogP contribution in [0.3, 0.4) is 0 Å². The van der Waals surface area contributed by atoms with Crippen LogP contribution in [0.15, 0.2) is 127 Å². The summed E-state index contributed by atoms with van der Waals surface area (Å²) in [6.07, 6.45) is 11.4. The molecule has 2 aliphatic heterocycles. The number of hydrogen-bond donors (Lipinski definition) is 2. The van der Waals surface area contributed by atoms with Gasteiger partial charge in [-0.25, -0.2) is 4.79 Å². The van der Waals surface area contributed by atoms with Crippen LogP contribution in [0, 0.1) is 27.9 Å². The van der Waals surface area contributed by atoms with Gasteiger partial charge in [-0.15, -0.1) is 6.58 Å². The van der Waals surface area contributed by atoms with Crippen LogP contribution in [0.1, 0.15) is 81.3 Å². The normalized spacial score (nSPS) is 24.6. The Hall–Kier alpha value is -6.06. The van der Waals surface area contributed by atoms with Crippen molar-refractivity contribution in [2.75, 3.05) is 33.0 Å². The standard InChI is InChI=1S/C53H61N3O11/c1-3-29-62-41-25-26-47-45(33-41)50-43(19-8-11-28-58)37(15-7-10-27-57)32-44-46(54-67-49-20-9-12-31-63-49)34-48(53(66-47,51(44)50)64-30-4-2)55(35-38-17-13-16-36-14-5-6-18-42(36)38)52(59)65-40-23-21-39(22-24-40)56(60)61/h3-6,13-14,16-18,21-26,32-33,37,43,48-51,57-58H,1-2,7-12,15,19-20,27-31,34-35H2/t37-,43+,48-,49?,50+,51+,53+/m0/s1. The van der Waals surface area contributed by atoms with Crippen LogP contribution in [0.4, 0.5) is 10.5 Å². The zero-order chi connectivity index (χ0) is 46.8. The Kier molecular flexibility index (Phi) is 15.7. The van der Waals surface area contributed by atoms with Crippen molar-refractivity contribution in [3.05, 3.63) is 143 Å². The fraction of sp³-hybridized carbons (Fsp3) is 0.434. The molecule has 0 bridgehead atoms. The number of allylic oxidation sites excluding steroid dienone is 1. The smallest absolute Gasteiger partial charge is 0.416 e. The molecule has 2 aliphatic carbocycles. The Morgan fingerprint density at radius 2 is 1.69 bits per heavy atom. The lowest BCUT2D eigenvalue weighted by molar-refractivity contribution is -0.384. The summed E-state index contributed by atoms with van der Waals surface area (Å²) in [7, 11) is 0. The van der Waals surface area contributed by atoms with Gasteiger partial charge in [0.15, 0.2) is 0 Å². The van der Waals surface area contributed by atoms with E-state index in [1.54, 1.807) is 17.1 Å². The SMILES string of the molecule is C=CCOc1ccc2c(c1)[C@H]1[C@H](CCCCO)[C@@H](CCCCO)C=C3C(=NOC4CCCCO4)C[C@H](N(Cc4cccc5ccccc45)C(=O)Oc4ccc([N+](=O)[O-])cc4)[C@@](OCC=C)(O2)[C@H]31. The van der Waals surface area contributed by atoms with E-state index in [4.69, 9.17) is 33.7 Å². The van der Waals surface area contributed by atoms with E-state index in [2.05, 4.69) is 19.2 Å². The molecule has 1 saturated carbocycles. The van der Waals surface area contributed by atoms with Crippen molar-refractivity contribution in [3.8, 4) is 17.2 Å². The van der Waals surface area contributed by atoms with Crippen LogP contribution in [-0.4, -0.2) is 83.0 Å². The summed E-state index contributed by atoms with van der Waals surface area (Å²) in [4.78, 5) is 34.4. The van der Waals surface area contributed by atoms with Gasteiger partial charge in [0.2, 0.25) is 12.1 Å². The molecule has 8 rings (SSSR count). The molecule has 354 valence electrons.